The van der Waals surface area contributed by atoms with E-state index in [-0.39, 0.29) is 17.6 Å². The van der Waals surface area contributed by atoms with Crippen molar-refractivity contribution in [2.75, 3.05) is 26.2 Å². The predicted molar refractivity (Wildman–Crippen MR) is 86.3 cm³/mol. The van der Waals surface area contributed by atoms with Crippen molar-refractivity contribution < 1.29 is 4.79 Å². The van der Waals surface area contributed by atoms with Crippen LogP contribution in [0.4, 0.5) is 4.79 Å². The molecule has 2 rings (SSSR count). The number of piperazine rings is 1. The Bertz CT molecular complexity index is 468. The summed E-state index contributed by atoms with van der Waals surface area (Å²) in [6, 6.07) is 10.7. The minimum atomic E-state index is -0.162. The lowest BCUT2D eigenvalue weighted by molar-refractivity contribution is 0.0705. The molecule has 116 valence electrons. The second-order valence-corrected chi connectivity index (χ2v) is 6.22. The average Bonchev–Trinajstić information content (AvgIpc) is 2.49. The van der Waals surface area contributed by atoms with Gasteiger partial charge in [-0.2, -0.15) is 0 Å². The number of rotatable bonds is 3. The molecule has 4 heteroatoms. The summed E-state index contributed by atoms with van der Waals surface area (Å²) < 4.78 is 0. The fourth-order valence-electron chi connectivity index (χ4n) is 2.87. The van der Waals surface area contributed by atoms with Crippen molar-refractivity contribution in [3.63, 3.8) is 0 Å². The molecule has 1 aliphatic rings. The van der Waals surface area contributed by atoms with E-state index in [4.69, 9.17) is 0 Å². The molecule has 1 saturated heterocycles. The predicted octanol–water partition coefficient (Wildman–Crippen LogP) is 2.87. The molecule has 0 aromatic heterocycles. The smallest absolute Gasteiger partial charge is 0.320 e. The summed E-state index contributed by atoms with van der Waals surface area (Å²) in [6.07, 6.45) is 0. The molecule has 4 nitrogen and oxygen atoms in total. The Morgan fingerprint density at radius 1 is 1.29 bits per heavy atom. The Balaban J connectivity index is 2.19. The zero-order valence-electron chi connectivity index (χ0n) is 13.6. The van der Waals surface area contributed by atoms with Crippen molar-refractivity contribution in [1.29, 1.82) is 0 Å². The third-order valence-corrected chi connectivity index (χ3v) is 4.34. The number of nitrogens with zero attached hydrogens (tertiary/aromatic N) is 2. The molecule has 0 aliphatic carbocycles. The third-order valence-electron chi connectivity index (χ3n) is 4.34. The number of carbonyl (C=O) groups excluding carboxylic acids is 1. The summed E-state index contributed by atoms with van der Waals surface area (Å²) in [5, 5.41) is 3.57. The van der Waals surface area contributed by atoms with Crippen LogP contribution in [0, 0.1) is 0 Å². The molecule has 1 heterocycles. The maximum Gasteiger partial charge on any atom is 0.320 e. The Morgan fingerprint density at radius 3 is 2.48 bits per heavy atom. The molecule has 0 radical (unpaired) electrons. The highest BCUT2D eigenvalue weighted by molar-refractivity contribution is 5.75. The number of benzene rings is 1. The van der Waals surface area contributed by atoms with E-state index in [1.807, 2.05) is 41.8 Å². The van der Waals surface area contributed by atoms with Gasteiger partial charge in [-0.1, -0.05) is 30.3 Å². The summed E-state index contributed by atoms with van der Waals surface area (Å²) in [5.74, 6) is 0. The molecule has 1 aliphatic heterocycles. The quantitative estimate of drug-likeness (QED) is 0.928. The van der Waals surface area contributed by atoms with E-state index >= 15 is 0 Å². The number of hydrogen-bond acceptors (Lipinski definition) is 2. The van der Waals surface area contributed by atoms with Crippen LogP contribution in [0.5, 0.6) is 0 Å². The summed E-state index contributed by atoms with van der Waals surface area (Å²) in [7, 11) is 0. The van der Waals surface area contributed by atoms with Gasteiger partial charge in [-0.25, -0.2) is 4.79 Å². The zero-order chi connectivity index (χ0) is 15.5. The summed E-state index contributed by atoms with van der Waals surface area (Å²) in [6.45, 7) is 11.4. The zero-order valence-corrected chi connectivity index (χ0v) is 13.6. The van der Waals surface area contributed by atoms with Crippen LogP contribution in [-0.2, 0) is 0 Å². The first kappa shape index (κ1) is 15.8. The van der Waals surface area contributed by atoms with Gasteiger partial charge in [-0.15, -0.1) is 0 Å². The molecule has 2 amide bonds. The molecule has 1 fully saturated rings. The molecule has 0 bridgehead atoms. The molecule has 1 aromatic carbocycles. The lowest BCUT2D eigenvalue weighted by Crippen LogP contribution is -2.63. The van der Waals surface area contributed by atoms with Crippen molar-refractivity contribution >= 4 is 6.03 Å². The van der Waals surface area contributed by atoms with Crippen LogP contribution in [0.1, 0.15) is 39.3 Å². The molecular weight excluding hydrogens is 262 g/mol. The maximum atomic E-state index is 12.8. The number of hydrogen-bond donors (Lipinski definition) is 1. The van der Waals surface area contributed by atoms with Gasteiger partial charge in [0.2, 0.25) is 0 Å². The van der Waals surface area contributed by atoms with Crippen molar-refractivity contribution in [2.45, 2.75) is 39.3 Å². The number of urea groups is 1. The van der Waals surface area contributed by atoms with Gasteiger partial charge in [-0.05, 0) is 33.3 Å². The largest absolute Gasteiger partial charge is 0.325 e. The van der Waals surface area contributed by atoms with Crippen molar-refractivity contribution in [3.8, 4) is 0 Å². The monoisotopic (exact) mass is 289 g/mol. The number of nitrogens with one attached hydrogen (secondary N) is 1. The summed E-state index contributed by atoms with van der Waals surface area (Å²) >= 11 is 0. The number of carbonyl (C=O) groups is 1. The van der Waals surface area contributed by atoms with Crippen LogP contribution in [0.2, 0.25) is 0 Å². The summed E-state index contributed by atoms with van der Waals surface area (Å²) in [5.41, 5.74) is 1.08. The molecule has 0 spiro atoms. The van der Waals surface area contributed by atoms with Gasteiger partial charge in [0.15, 0.2) is 0 Å². The first-order valence-electron chi connectivity index (χ1n) is 7.84. The van der Waals surface area contributed by atoms with Gasteiger partial charge in [0.25, 0.3) is 0 Å². The molecule has 1 unspecified atom stereocenters. The fourth-order valence-corrected chi connectivity index (χ4v) is 2.87. The Hall–Kier alpha value is -1.55. The maximum absolute atomic E-state index is 12.8. The molecule has 1 aromatic rings. The molecule has 1 atom stereocenters. The Kier molecular flexibility index (Phi) is 4.88. The van der Waals surface area contributed by atoms with Gasteiger partial charge in [0.05, 0.1) is 11.6 Å². The molecule has 0 saturated carbocycles. The first-order valence-corrected chi connectivity index (χ1v) is 7.84. The van der Waals surface area contributed by atoms with Crippen LogP contribution in [-0.4, -0.2) is 47.5 Å². The van der Waals surface area contributed by atoms with E-state index in [2.05, 4.69) is 31.3 Å². The van der Waals surface area contributed by atoms with Crippen molar-refractivity contribution in [1.82, 2.24) is 15.1 Å². The molecular formula is C17H27N3O. The van der Waals surface area contributed by atoms with Gasteiger partial charge < -0.3 is 15.1 Å². The topological polar surface area (TPSA) is 35.6 Å². The van der Waals surface area contributed by atoms with E-state index in [0.29, 0.717) is 6.54 Å². The van der Waals surface area contributed by atoms with E-state index in [1.54, 1.807) is 0 Å². The first-order chi connectivity index (χ1) is 9.99. The lowest BCUT2D eigenvalue weighted by Gasteiger charge is -2.47. The van der Waals surface area contributed by atoms with Crippen LogP contribution < -0.4 is 5.32 Å². The highest BCUT2D eigenvalue weighted by atomic mass is 16.2. The van der Waals surface area contributed by atoms with Crippen LogP contribution in [0.15, 0.2) is 30.3 Å². The van der Waals surface area contributed by atoms with Gasteiger partial charge in [0, 0.05) is 26.2 Å². The van der Waals surface area contributed by atoms with Crippen LogP contribution in [0.3, 0.4) is 0 Å². The van der Waals surface area contributed by atoms with Crippen LogP contribution >= 0.6 is 0 Å². The van der Waals surface area contributed by atoms with Crippen molar-refractivity contribution in [3.05, 3.63) is 35.9 Å². The van der Waals surface area contributed by atoms with E-state index in [1.165, 1.54) is 5.56 Å². The lowest BCUT2D eigenvalue weighted by atomic mass is 9.94. The van der Waals surface area contributed by atoms with E-state index in [9.17, 15) is 4.79 Å². The molecule has 1 N–H and O–H groups in total. The van der Waals surface area contributed by atoms with Gasteiger partial charge in [0.1, 0.15) is 0 Å². The Morgan fingerprint density at radius 2 is 1.90 bits per heavy atom. The second-order valence-electron chi connectivity index (χ2n) is 6.22. The summed E-state index contributed by atoms with van der Waals surface area (Å²) in [4.78, 5) is 16.7. The standard InChI is InChI=1S/C17H27N3O/c1-5-19(6-2)16(21)20-12-15(18-13-17(20,3)4)14-10-8-7-9-11-14/h7-11,15,18H,5-6,12-13H2,1-4H3. The third kappa shape index (κ3) is 3.38. The molecule has 21 heavy (non-hydrogen) atoms. The van der Waals surface area contributed by atoms with E-state index in [0.717, 1.165) is 19.6 Å². The second kappa shape index (κ2) is 6.48. The average molecular weight is 289 g/mol. The Labute approximate surface area is 128 Å². The van der Waals surface area contributed by atoms with Gasteiger partial charge >= 0.3 is 6.03 Å². The van der Waals surface area contributed by atoms with Crippen LogP contribution in [0.25, 0.3) is 0 Å². The highest BCUT2D eigenvalue weighted by Gasteiger charge is 2.38. The minimum Gasteiger partial charge on any atom is -0.325 e. The normalized spacial score (nSPS) is 21.1. The van der Waals surface area contributed by atoms with Crippen molar-refractivity contribution in [2.24, 2.45) is 0 Å². The SMILES string of the molecule is CCN(CC)C(=O)N1CC(c2ccccc2)NCC1(C)C. The van der Waals surface area contributed by atoms with E-state index < -0.39 is 0 Å². The number of amides is 2. The fraction of sp³-hybridized carbons (Fsp3) is 0.588. The highest BCUT2D eigenvalue weighted by Crippen LogP contribution is 2.26. The minimum absolute atomic E-state index is 0.146. The van der Waals surface area contributed by atoms with Gasteiger partial charge in [-0.3, -0.25) is 0 Å².